The summed E-state index contributed by atoms with van der Waals surface area (Å²) in [5, 5.41) is 3.31. The summed E-state index contributed by atoms with van der Waals surface area (Å²) in [6.45, 7) is 4.40. The van der Waals surface area contributed by atoms with E-state index in [2.05, 4.69) is 17.2 Å². The predicted molar refractivity (Wildman–Crippen MR) is 62.4 cm³/mol. The number of ether oxygens (including phenoxy) is 1. The van der Waals surface area contributed by atoms with Crippen LogP contribution in [0, 0.1) is 0 Å². The first-order valence-corrected chi connectivity index (χ1v) is 5.73. The highest BCUT2D eigenvalue weighted by atomic mass is 19.3. The van der Waals surface area contributed by atoms with Crippen molar-refractivity contribution < 1.29 is 13.5 Å². The molecule has 0 amide bonds. The van der Waals surface area contributed by atoms with Gasteiger partial charge in [0.15, 0.2) is 6.61 Å². The summed E-state index contributed by atoms with van der Waals surface area (Å²) in [6, 6.07) is 3.70. The molecule has 0 saturated carbocycles. The molecule has 1 aromatic heterocycles. The number of halogens is 2. The molecule has 1 N–H and O–H groups in total. The molecule has 1 heterocycles. The van der Waals surface area contributed by atoms with E-state index in [4.69, 9.17) is 4.74 Å². The van der Waals surface area contributed by atoms with Crippen LogP contribution in [0.3, 0.4) is 0 Å². The minimum absolute atomic E-state index is 0.159. The van der Waals surface area contributed by atoms with E-state index in [1.165, 1.54) is 0 Å². The molecule has 0 fully saturated rings. The lowest BCUT2D eigenvalue weighted by Crippen LogP contribution is -2.19. The number of nitrogens with zero attached hydrogens (tertiary/aromatic N) is 1. The van der Waals surface area contributed by atoms with Crippen LogP contribution < -0.4 is 10.1 Å². The molecule has 0 bridgehead atoms. The molecule has 3 nitrogen and oxygen atoms in total. The van der Waals surface area contributed by atoms with Crippen molar-refractivity contribution in [2.24, 2.45) is 0 Å². The standard InChI is InChI=1S/C12H18F2N2O/c1-3-5-15-9(2)10-4-6-16-12(7-10)17-8-11(13)14/h4,6-7,9,11,15H,3,5,8H2,1-2H3. The maximum atomic E-state index is 12.0. The van der Waals surface area contributed by atoms with Crippen molar-refractivity contribution >= 4 is 0 Å². The summed E-state index contributed by atoms with van der Waals surface area (Å²) in [5.41, 5.74) is 0.984. The Morgan fingerprint density at radius 2 is 2.24 bits per heavy atom. The van der Waals surface area contributed by atoms with Gasteiger partial charge in [-0.1, -0.05) is 6.92 Å². The zero-order valence-electron chi connectivity index (χ0n) is 10.1. The molecule has 0 aliphatic carbocycles. The highest BCUT2D eigenvalue weighted by Gasteiger charge is 2.08. The average molecular weight is 244 g/mol. The molecule has 0 spiro atoms. The molecule has 1 rings (SSSR count). The molecule has 1 unspecified atom stereocenters. The second-order valence-corrected chi connectivity index (χ2v) is 3.81. The van der Waals surface area contributed by atoms with E-state index in [0.29, 0.717) is 0 Å². The number of alkyl halides is 2. The Balaban J connectivity index is 2.58. The van der Waals surface area contributed by atoms with Gasteiger partial charge in [-0.15, -0.1) is 0 Å². The number of rotatable bonds is 7. The second kappa shape index (κ2) is 7.17. The van der Waals surface area contributed by atoms with Crippen LogP contribution in [0.1, 0.15) is 31.9 Å². The maximum Gasteiger partial charge on any atom is 0.272 e. The van der Waals surface area contributed by atoms with Crippen molar-refractivity contribution in [1.29, 1.82) is 0 Å². The first-order chi connectivity index (χ1) is 8.13. The Labute approximate surface area is 100 Å². The Morgan fingerprint density at radius 1 is 1.47 bits per heavy atom. The number of aromatic nitrogens is 1. The molecule has 0 saturated heterocycles. The summed E-state index contributed by atoms with van der Waals surface area (Å²) < 4.78 is 28.8. The van der Waals surface area contributed by atoms with Gasteiger partial charge < -0.3 is 10.1 Å². The van der Waals surface area contributed by atoms with Crippen LogP contribution in [0.5, 0.6) is 5.88 Å². The lowest BCUT2D eigenvalue weighted by molar-refractivity contribution is 0.0795. The van der Waals surface area contributed by atoms with E-state index in [0.717, 1.165) is 18.5 Å². The van der Waals surface area contributed by atoms with Crippen LogP contribution in [-0.2, 0) is 0 Å². The van der Waals surface area contributed by atoms with E-state index < -0.39 is 13.0 Å². The first-order valence-electron chi connectivity index (χ1n) is 5.73. The zero-order chi connectivity index (χ0) is 12.7. The smallest absolute Gasteiger partial charge is 0.272 e. The summed E-state index contributed by atoms with van der Waals surface area (Å²) >= 11 is 0. The van der Waals surface area contributed by atoms with E-state index in [9.17, 15) is 8.78 Å². The van der Waals surface area contributed by atoms with Crippen LogP contribution in [0.25, 0.3) is 0 Å². The van der Waals surface area contributed by atoms with E-state index in [1.54, 1.807) is 12.3 Å². The maximum absolute atomic E-state index is 12.0. The third kappa shape index (κ3) is 5.08. The van der Waals surface area contributed by atoms with Crippen LogP contribution in [0.2, 0.25) is 0 Å². The summed E-state index contributed by atoms with van der Waals surface area (Å²) in [5.74, 6) is 0.243. The number of hydrogen-bond donors (Lipinski definition) is 1. The molecule has 0 aromatic carbocycles. The largest absolute Gasteiger partial charge is 0.472 e. The van der Waals surface area contributed by atoms with Gasteiger partial charge in [0, 0.05) is 18.3 Å². The highest BCUT2D eigenvalue weighted by Crippen LogP contribution is 2.16. The normalized spacial score (nSPS) is 12.8. The third-order valence-corrected chi connectivity index (χ3v) is 2.32. The molecule has 1 aromatic rings. The molecular weight excluding hydrogens is 226 g/mol. The minimum Gasteiger partial charge on any atom is -0.472 e. The van der Waals surface area contributed by atoms with Gasteiger partial charge >= 0.3 is 0 Å². The monoisotopic (exact) mass is 244 g/mol. The topological polar surface area (TPSA) is 34.2 Å². The zero-order valence-corrected chi connectivity index (χ0v) is 10.1. The Bertz CT molecular complexity index is 334. The van der Waals surface area contributed by atoms with Crippen molar-refractivity contribution in [3.63, 3.8) is 0 Å². The molecule has 96 valence electrons. The van der Waals surface area contributed by atoms with Gasteiger partial charge in [0.1, 0.15) is 0 Å². The van der Waals surface area contributed by atoms with E-state index >= 15 is 0 Å². The van der Waals surface area contributed by atoms with Crippen molar-refractivity contribution in [2.75, 3.05) is 13.2 Å². The van der Waals surface area contributed by atoms with Crippen molar-refractivity contribution in [3.8, 4) is 5.88 Å². The lowest BCUT2D eigenvalue weighted by Gasteiger charge is -2.14. The first kappa shape index (κ1) is 13.8. The van der Waals surface area contributed by atoms with Crippen molar-refractivity contribution in [3.05, 3.63) is 23.9 Å². The quantitative estimate of drug-likeness (QED) is 0.800. The SMILES string of the molecule is CCCNC(C)c1ccnc(OCC(F)F)c1. The number of nitrogens with one attached hydrogen (secondary N) is 1. The van der Waals surface area contributed by atoms with Crippen molar-refractivity contribution in [1.82, 2.24) is 10.3 Å². The molecule has 0 radical (unpaired) electrons. The second-order valence-electron chi connectivity index (χ2n) is 3.81. The fraction of sp³-hybridized carbons (Fsp3) is 0.583. The summed E-state index contributed by atoms with van der Waals surface area (Å²) in [4.78, 5) is 3.89. The number of hydrogen-bond acceptors (Lipinski definition) is 3. The average Bonchev–Trinajstić information content (AvgIpc) is 2.33. The summed E-state index contributed by atoms with van der Waals surface area (Å²) in [7, 11) is 0. The van der Waals surface area contributed by atoms with E-state index in [1.807, 2.05) is 13.0 Å². The molecule has 0 aliphatic heterocycles. The molecular formula is C12H18F2N2O. The van der Waals surface area contributed by atoms with Gasteiger partial charge in [0.25, 0.3) is 6.43 Å². The van der Waals surface area contributed by atoms with Crippen molar-refractivity contribution in [2.45, 2.75) is 32.7 Å². The van der Waals surface area contributed by atoms with Gasteiger partial charge in [0.2, 0.25) is 5.88 Å². The number of pyridine rings is 1. The van der Waals surface area contributed by atoms with Gasteiger partial charge in [-0.25, -0.2) is 13.8 Å². The lowest BCUT2D eigenvalue weighted by atomic mass is 10.1. The Kier molecular flexibility index (Phi) is 5.83. The van der Waals surface area contributed by atoms with E-state index in [-0.39, 0.29) is 11.9 Å². The fourth-order valence-corrected chi connectivity index (χ4v) is 1.40. The minimum atomic E-state index is -2.48. The molecule has 5 heteroatoms. The van der Waals surface area contributed by atoms with Gasteiger partial charge in [-0.3, -0.25) is 0 Å². The summed E-state index contributed by atoms with van der Waals surface area (Å²) in [6.07, 6.45) is 0.140. The fourth-order valence-electron chi connectivity index (χ4n) is 1.40. The van der Waals surface area contributed by atoms with Gasteiger partial charge in [0.05, 0.1) is 0 Å². The highest BCUT2D eigenvalue weighted by molar-refractivity contribution is 5.23. The predicted octanol–water partition coefficient (Wildman–Crippen LogP) is 2.79. The Hall–Kier alpha value is -1.23. The molecule has 1 atom stereocenters. The Morgan fingerprint density at radius 3 is 2.88 bits per heavy atom. The molecule has 17 heavy (non-hydrogen) atoms. The van der Waals surface area contributed by atoms with Gasteiger partial charge in [-0.05, 0) is 31.5 Å². The van der Waals surface area contributed by atoms with Crippen LogP contribution in [0.15, 0.2) is 18.3 Å². The third-order valence-electron chi connectivity index (χ3n) is 2.32. The van der Waals surface area contributed by atoms with Crippen LogP contribution in [0.4, 0.5) is 8.78 Å². The van der Waals surface area contributed by atoms with Crippen LogP contribution in [-0.4, -0.2) is 24.6 Å². The molecule has 0 aliphatic rings. The van der Waals surface area contributed by atoms with Crippen LogP contribution >= 0.6 is 0 Å². The van der Waals surface area contributed by atoms with Gasteiger partial charge in [-0.2, -0.15) is 0 Å².